The van der Waals surface area contributed by atoms with E-state index in [1.807, 2.05) is 0 Å². The number of carbonyl (C=O) groups is 1. The van der Waals surface area contributed by atoms with Crippen LogP contribution in [0.2, 0.25) is 0 Å². The van der Waals surface area contributed by atoms with Gasteiger partial charge < -0.3 is 15.6 Å². The van der Waals surface area contributed by atoms with Crippen LogP contribution in [0.5, 0.6) is 5.75 Å². The van der Waals surface area contributed by atoms with Crippen LogP contribution in [0.3, 0.4) is 0 Å². The van der Waals surface area contributed by atoms with E-state index in [2.05, 4.69) is 27.1 Å². The molecule has 30 heavy (non-hydrogen) atoms. The molecule has 1 aromatic carbocycles. The lowest BCUT2D eigenvalue weighted by Crippen LogP contribution is -2.25. The zero-order chi connectivity index (χ0) is 21.5. The molecule has 1 aliphatic rings. The zero-order valence-corrected chi connectivity index (χ0v) is 16.3. The Morgan fingerprint density at radius 1 is 1.40 bits per heavy atom. The SMILES string of the molecule is CC(O)(C#Cc1ccc2c(c1)-n1nc(C(N)=O)cc1C(C)(F)CO2)c1cccnn1. The molecule has 0 bridgehead atoms. The summed E-state index contributed by atoms with van der Waals surface area (Å²) in [4.78, 5) is 11.6. The number of nitrogens with two attached hydrogens (primary N) is 1. The first kappa shape index (κ1) is 19.5. The number of primary amides is 1. The minimum absolute atomic E-state index is 0.0520. The predicted molar refractivity (Wildman–Crippen MR) is 105 cm³/mol. The molecule has 2 aromatic heterocycles. The number of halogens is 1. The van der Waals surface area contributed by atoms with Gasteiger partial charge in [-0.3, -0.25) is 4.79 Å². The Labute approximate surface area is 171 Å². The van der Waals surface area contributed by atoms with Crippen LogP contribution in [-0.2, 0) is 11.3 Å². The monoisotopic (exact) mass is 407 g/mol. The van der Waals surface area contributed by atoms with Gasteiger partial charge in [0.2, 0.25) is 0 Å². The number of rotatable bonds is 2. The van der Waals surface area contributed by atoms with Gasteiger partial charge in [0.15, 0.2) is 17.0 Å². The highest BCUT2D eigenvalue weighted by atomic mass is 19.1. The summed E-state index contributed by atoms with van der Waals surface area (Å²) >= 11 is 0. The fraction of sp³-hybridized carbons (Fsp3) is 0.238. The molecule has 0 fully saturated rings. The van der Waals surface area contributed by atoms with E-state index in [4.69, 9.17) is 10.5 Å². The molecule has 1 aliphatic heterocycles. The summed E-state index contributed by atoms with van der Waals surface area (Å²) in [5.74, 6) is 5.27. The van der Waals surface area contributed by atoms with Gasteiger partial charge in [0, 0.05) is 11.8 Å². The average Bonchev–Trinajstić information content (AvgIpc) is 3.15. The third-order valence-electron chi connectivity index (χ3n) is 4.70. The molecule has 0 radical (unpaired) electrons. The van der Waals surface area contributed by atoms with Crippen molar-refractivity contribution in [2.75, 3.05) is 6.61 Å². The van der Waals surface area contributed by atoms with E-state index in [1.165, 1.54) is 30.8 Å². The number of aliphatic hydroxyl groups is 1. The smallest absolute Gasteiger partial charge is 0.269 e. The maximum atomic E-state index is 15.1. The van der Waals surface area contributed by atoms with Crippen molar-refractivity contribution in [1.29, 1.82) is 0 Å². The number of ether oxygens (including phenoxy) is 1. The molecule has 1 amide bonds. The first-order valence-electron chi connectivity index (χ1n) is 9.08. The Kier molecular flexibility index (Phi) is 4.51. The van der Waals surface area contributed by atoms with E-state index in [0.29, 0.717) is 22.7 Å². The van der Waals surface area contributed by atoms with Crippen molar-refractivity contribution in [2.24, 2.45) is 5.73 Å². The van der Waals surface area contributed by atoms with Gasteiger partial charge >= 0.3 is 0 Å². The van der Waals surface area contributed by atoms with Gasteiger partial charge in [-0.15, -0.1) is 0 Å². The van der Waals surface area contributed by atoms with E-state index >= 15 is 4.39 Å². The lowest BCUT2D eigenvalue weighted by Gasteiger charge is -2.17. The van der Waals surface area contributed by atoms with Crippen molar-refractivity contribution >= 4 is 5.91 Å². The summed E-state index contributed by atoms with van der Waals surface area (Å²) in [5, 5.41) is 22.4. The van der Waals surface area contributed by atoms with Gasteiger partial charge in [-0.25, -0.2) is 9.07 Å². The first-order chi connectivity index (χ1) is 14.2. The molecule has 152 valence electrons. The second-order valence-electron chi connectivity index (χ2n) is 7.29. The van der Waals surface area contributed by atoms with Crippen LogP contribution in [0, 0.1) is 11.8 Å². The highest BCUT2D eigenvalue weighted by Crippen LogP contribution is 2.36. The van der Waals surface area contributed by atoms with Crippen LogP contribution in [0.15, 0.2) is 42.6 Å². The third-order valence-corrected chi connectivity index (χ3v) is 4.70. The topological polar surface area (TPSA) is 116 Å². The Hall–Kier alpha value is -3.77. The quantitative estimate of drug-likeness (QED) is 0.624. The van der Waals surface area contributed by atoms with Crippen molar-refractivity contribution in [3.8, 4) is 23.3 Å². The van der Waals surface area contributed by atoms with Crippen LogP contribution in [-0.4, -0.2) is 37.6 Å². The van der Waals surface area contributed by atoms with Crippen LogP contribution < -0.4 is 10.5 Å². The molecule has 0 aliphatic carbocycles. The third kappa shape index (κ3) is 3.49. The number of hydrogen-bond donors (Lipinski definition) is 2. The lowest BCUT2D eigenvalue weighted by atomic mass is 10.0. The molecule has 2 unspecified atom stereocenters. The molecule has 9 heteroatoms. The summed E-state index contributed by atoms with van der Waals surface area (Å²) in [7, 11) is 0. The summed E-state index contributed by atoms with van der Waals surface area (Å²) < 4.78 is 22.1. The predicted octanol–water partition coefficient (Wildman–Crippen LogP) is 1.60. The average molecular weight is 407 g/mol. The Morgan fingerprint density at radius 2 is 2.20 bits per heavy atom. The minimum atomic E-state index is -1.89. The maximum Gasteiger partial charge on any atom is 0.269 e. The summed E-state index contributed by atoms with van der Waals surface area (Å²) in [5.41, 5.74) is 3.24. The molecule has 3 N–H and O–H groups in total. The second kappa shape index (κ2) is 6.93. The molecule has 0 spiro atoms. The van der Waals surface area contributed by atoms with E-state index in [1.54, 1.807) is 30.3 Å². The van der Waals surface area contributed by atoms with Crippen molar-refractivity contribution in [3.05, 3.63) is 65.2 Å². The maximum absolute atomic E-state index is 15.1. The van der Waals surface area contributed by atoms with E-state index < -0.39 is 17.2 Å². The number of fused-ring (bicyclic) bond motifs is 3. The van der Waals surface area contributed by atoms with Crippen molar-refractivity contribution < 1.29 is 19.0 Å². The summed E-state index contributed by atoms with van der Waals surface area (Å²) in [6.07, 6.45) is 1.50. The highest BCUT2D eigenvalue weighted by Gasteiger charge is 2.36. The van der Waals surface area contributed by atoms with Crippen molar-refractivity contribution in [3.63, 3.8) is 0 Å². The van der Waals surface area contributed by atoms with E-state index in [0.717, 1.165) is 0 Å². The number of nitrogens with zero attached hydrogens (tertiary/aromatic N) is 4. The van der Waals surface area contributed by atoms with Crippen molar-refractivity contribution in [1.82, 2.24) is 20.0 Å². The Morgan fingerprint density at radius 3 is 2.90 bits per heavy atom. The fourth-order valence-corrected chi connectivity index (χ4v) is 3.05. The van der Waals surface area contributed by atoms with E-state index in [9.17, 15) is 9.90 Å². The van der Waals surface area contributed by atoms with Crippen LogP contribution in [0.1, 0.15) is 41.3 Å². The molecule has 2 atom stereocenters. The summed E-state index contributed by atoms with van der Waals surface area (Å²) in [6.45, 7) is 2.60. The number of carbonyl (C=O) groups excluding carboxylic acids is 1. The lowest BCUT2D eigenvalue weighted by molar-refractivity contribution is 0.0993. The number of aromatic nitrogens is 4. The number of amides is 1. The van der Waals surface area contributed by atoms with Gasteiger partial charge in [0.05, 0.1) is 5.69 Å². The molecule has 0 saturated carbocycles. The molecule has 8 nitrogen and oxygen atoms in total. The zero-order valence-electron chi connectivity index (χ0n) is 16.3. The number of alkyl halides is 1. The van der Waals surface area contributed by atoms with Crippen LogP contribution >= 0.6 is 0 Å². The largest absolute Gasteiger partial charge is 0.488 e. The van der Waals surface area contributed by atoms with E-state index in [-0.39, 0.29) is 18.0 Å². The fourth-order valence-electron chi connectivity index (χ4n) is 3.05. The van der Waals surface area contributed by atoms with Gasteiger partial charge in [0.25, 0.3) is 5.91 Å². The molecular formula is C21H18FN5O3. The Balaban J connectivity index is 1.79. The first-order valence-corrected chi connectivity index (χ1v) is 9.08. The van der Waals surface area contributed by atoms with Gasteiger partial charge in [0.1, 0.15) is 23.7 Å². The second-order valence-corrected chi connectivity index (χ2v) is 7.29. The Bertz CT molecular complexity index is 1190. The number of benzene rings is 1. The molecule has 3 aromatic rings. The molecular weight excluding hydrogens is 389 g/mol. The van der Waals surface area contributed by atoms with Crippen LogP contribution in [0.4, 0.5) is 4.39 Å². The molecule has 4 rings (SSSR count). The normalized spacial score (nSPS) is 19.2. The van der Waals surface area contributed by atoms with Gasteiger partial charge in [-0.05, 0) is 50.2 Å². The molecule has 3 heterocycles. The van der Waals surface area contributed by atoms with Gasteiger partial charge in [-0.1, -0.05) is 11.8 Å². The standard InChI is InChI=1S/C21H18FN5O3/c1-20(22)12-30-16-6-5-13(7-8-21(2,29)17-4-3-9-24-25-17)10-15(16)27-18(20)11-14(26-27)19(23)28/h3-6,9-11,29H,12H2,1-2H3,(H2,23,28). The number of hydrogen-bond acceptors (Lipinski definition) is 6. The summed E-state index contributed by atoms with van der Waals surface area (Å²) in [6, 6.07) is 9.54. The highest BCUT2D eigenvalue weighted by molar-refractivity contribution is 5.91. The van der Waals surface area contributed by atoms with Gasteiger partial charge in [-0.2, -0.15) is 15.3 Å². The molecule has 0 saturated heterocycles. The van der Waals surface area contributed by atoms with Crippen molar-refractivity contribution in [2.45, 2.75) is 25.1 Å². The minimum Gasteiger partial charge on any atom is -0.488 e. The van der Waals surface area contributed by atoms with Crippen LogP contribution in [0.25, 0.3) is 5.69 Å².